The number of nitrogens with zero attached hydrogens (tertiary/aromatic N) is 3. The Bertz CT molecular complexity index is 1400. The number of aliphatic hydroxyl groups is 1. The van der Waals surface area contributed by atoms with Crippen molar-refractivity contribution < 1.29 is 48.3 Å². The van der Waals surface area contributed by atoms with Crippen molar-refractivity contribution in [2.24, 2.45) is 11.8 Å². The minimum absolute atomic E-state index is 0.0674. The van der Waals surface area contributed by atoms with E-state index < -0.39 is 77.1 Å². The molecule has 3 rings (SSSR count). The molecule has 0 radical (unpaired) electrons. The highest BCUT2D eigenvalue weighted by molar-refractivity contribution is 5.91. The molecule has 2 aromatic carbocycles. The second-order valence-electron chi connectivity index (χ2n) is 9.80. The number of nitrogens with one attached hydrogen (secondary N) is 1. The van der Waals surface area contributed by atoms with Gasteiger partial charge in [-0.25, -0.2) is 9.59 Å². The first kappa shape index (κ1) is 32.4. The summed E-state index contributed by atoms with van der Waals surface area (Å²) < 4.78 is 15.2. The van der Waals surface area contributed by atoms with Crippen LogP contribution in [0, 0.1) is 32.1 Å². The number of alkyl carbamates (subject to hydrolysis) is 1. The second kappa shape index (κ2) is 14.2. The number of esters is 2. The molecule has 1 fully saturated rings. The Morgan fingerprint density at radius 2 is 1.44 bits per heavy atom. The van der Waals surface area contributed by atoms with Crippen LogP contribution < -0.4 is 5.32 Å². The van der Waals surface area contributed by atoms with E-state index in [-0.39, 0.29) is 29.1 Å². The van der Waals surface area contributed by atoms with Crippen molar-refractivity contribution in [3.8, 4) is 0 Å². The lowest BCUT2D eigenvalue weighted by Gasteiger charge is -2.52. The average Bonchev–Trinajstić information content (AvgIpc) is 2.96. The molecule has 5 atom stereocenters. The highest BCUT2D eigenvalue weighted by Gasteiger charge is 2.56. The van der Waals surface area contributed by atoms with E-state index in [0.717, 1.165) is 4.90 Å². The molecule has 43 heavy (non-hydrogen) atoms. The van der Waals surface area contributed by atoms with Crippen LogP contribution in [-0.2, 0) is 41.8 Å². The lowest BCUT2D eigenvalue weighted by Crippen LogP contribution is -2.72. The summed E-state index contributed by atoms with van der Waals surface area (Å²) >= 11 is 0. The van der Waals surface area contributed by atoms with Crippen LogP contribution in [0.3, 0.4) is 0 Å². The van der Waals surface area contributed by atoms with E-state index in [1.54, 1.807) is 13.0 Å². The van der Waals surface area contributed by atoms with E-state index in [1.165, 1.54) is 56.3 Å². The maximum Gasteiger partial charge on any atom is 0.407 e. The van der Waals surface area contributed by atoms with Gasteiger partial charge in [0.15, 0.2) is 0 Å². The van der Waals surface area contributed by atoms with Crippen LogP contribution in [0.15, 0.2) is 48.5 Å². The highest BCUT2D eigenvalue weighted by Crippen LogP contribution is 2.37. The predicted molar refractivity (Wildman–Crippen MR) is 145 cm³/mol. The number of β-lactam (4-membered cyclic amide) rings is 1. The smallest absolute Gasteiger partial charge is 0.407 e. The van der Waals surface area contributed by atoms with Crippen LogP contribution in [0.1, 0.15) is 31.9 Å². The standard InChI is InChI=1S/C27H30N4O12/c1-15(12-41-17(3)32)23-22(16(2)28-27(36)43-14-19-9-5-7-11-21(19)31(39)40)24(33)29(23)25(34)26(35)42-13-18-8-4-6-10-20(18)30(37)38/h4-11,15-16,22-23,25,34H,12-14H2,1-3H3,(H,28,36). The molecular weight excluding hydrogens is 572 g/mol. The number of carbonyl (C=O) groups excluding carboxylic acids is 4. The predicted octanol–water partition coefficient (Wildman–Crippen LogP) is 2.21. The normalized spacial score (nSPS) is 18.0. The highest BCUT2D eigenvalue weighted by atomic mass is 16.6. The van der Waals surface area contributed by atoms with Crippen LogP contribution >= 0.6 is 0 Å². The summed E-state index contributed by atoms with van der Waals surface area (Å²) in [5.74, 6) is -4.21. The van der Waals surface area contributed by atoms with Crippen molar-refractivity contribution in [1.82, 2.24) is 10.2 Å². The largest absolute Gasteiger partial charge is 0.466 e. The number of likely N-dealkylation sites (tertiary alicyclic amines) is 1. The monoisotopic (exact) mass is 602 g/mol. The molecule has 1 aliphatic rings. The molecule has 0 bridgehead atoms. The number of aliphatic hydroxyl groups excluding tert-OH is 1. The van der Waals surface area contributed by atoms with Gasteiger partial charge in [-0.15, -0.1) is 0 Å². The van der Waals surface area contributed by atoms with Gasteiger partial charge in [0.1, 0.15) is 13.2 Å². The number of hydrogen-bond acceptors (Lipinski definition) is 12. The van der Waals surface area contributed by atoms with Gasteiger partial charge in [-0.05, 0) is 19.1 Å². The number of ether oxygens (including phenoxy) is 3. The third-order valence-electron chi connectivity index (χ3n) is 6.83. The summed E-state index contributed by atoms with van der Waals surface area (Å²) in [5.41, 5.74) is -0.323. The quantitative estimate of drug-likeness (QED) is 0.111. The van der Waals surface area contributed by atoms with Gasteiger partial charge in [0, 0.05) is 31.0 Å². The molecule has 2 N–H and O–H groups in total. The molecule has 16 nitrogen and oxygen atoms in total. The Labute approximate surface area is 244 Å². The molecule has 0 spiro atoms. The SMILES string of the molecule is CC(=O)OCC(C)C1C(C(C)NC(=O)OCc2ccccc2[N+](=O)[O-])C(=O)N1C(O)C(=O)OCc1ccccc1[N+](=O)[O-]. The molecule has 2 amide bonds. The zero-order valence-electron chi connectivity index (χ0n) is 23.4. The van der Waals surface area contributed by atoms with E-state index in [4.69, 9.17) is 14.2 Å². The summed E-state index contributed by atoms with van der Waals surface area (Å²) in [4.78, 5) is 71.8. The first-order valence-corrected chi connectivity index (χ1v) is 13.0. The van der Waals surface area contributed by atoms with Gasteiger partial charge >= 0.3 is 18.0 Å². The molecular formula is C27H30N4O12. The van der Waals surface area contributed by atoms with E-state index in [9.17, 15) is 44.5 Å². The number of rotatable bonds is 13. The molecule has 1 saturated heterocycles. The fraction of sp³-hybridized carbons (Fsp3) is 0.407. The Balaban J connectivity index is 1.70. The van der Waals surface area contributed by atoms with Crippen LogP contribution in [0.2, 0.25) is 0 Å². The van der Waals surface area contributed by atoms with Crippen molar-refractivity contribution in [1.29, 1.82) is 0 Å². The number of amides is 2. The van der Waals surface area contributed by atoms with E-state index in [2.05, 4.69) is 5.32 Å². The molecule has 2 aromatic rings. The Morgan fingerprint density at radius 3 is 1.95 bits per heavy atom. The third-order valence-corrected chi connectivity index (χ3v) is 6.83. The minimum atomic E-state index is -2.10. The van der Waals surface area contributed by atoms with E-state index in [0.29, 0.717) is 0 Å². The van der Waals surface area contributed by atoms with Gasteiger partial charge in [0.25, 0.3) is 11.4 Å². The van der Waals surface area contributed by atoms with Gasteiger partial charge in [-0.3, -0.25) is 29.8 Å². The van der Waals surface area contributed by atoms with Crippen molar-refractivity contribution in [3.05, 3.63) is 79.9 Å². The lowest BCUT2D eigenvalue weighted by molar-refractivity contribution is -0.386. The fourth-order valence-electron chi connectivity index (χ4n) is 4.74. The molecule has 5 unspecified atom stereocenters. The molecule has 0 saturated carbocycles. The molecule has 0 aromatic heterocycles. The van der Waals surface area contributed by atoms with Gasteiger partial charge in [0.2, 0.25) is 12.1 Å². The zero-order valence-corrected chi connectivity index (χ0v) is 23.4. The van der Waals surface area contributed by atoms with E-state index in [1.807, 2.05) is 0 Å². The molecule has 230 valence electrons. The average molecular weight is 603 g/mol. The number of nitro benzene ring substituents is 2. The van der Waals surface area contributed by atoms with Crippen molar-refractivity contribution in [2.75, 3.05) is 6.61 Å². The number of nitro groups is 2. The van der Waals surface area contributed by atoms with Crippen molar-refractivity contribution in [2.45, 2.75) is 52.3 Å². The first-order valence-electron chi connectivity index (χ1n) is 13.0. The number of benzene rings is 2. The molecule has 1 heterocycles. The number of hydrogen-bond donors (Lipinski definition) is 2. The molecule has 1 aliphatic heterocycles. The minimum Gasteiger partial charge on any atom is -0.466 e. The maximum atomic E-state index is 13.2. The molecule has 0 aliphatic carbocycles. The summed E-state index contributed by atoms with van der Waals surface area (Å²) in [6.07, 6.45) is -3.08. The molecule has 16 heteroatoms. The third kappa shape index (κ3) is 7.79. The van der Waals surface area contributed by atoms with Gasteiger partial charge in [-0.2, -0.15) is 0 Å². The van der Waals surface area contributed by atoms with Gasteiger partial charge in [-0.1, -0.05) is 31.2 Å². The Hall–Kier alpha value is -5.12. The van der Waals surface area contributed by atoms with Gasteiger partial charge in [0.05, 0.1) is 39.5 Å². The topological polar surface area (TPSA) is 218 Å². The Kier molecular flexibility index (Phi) is 10.7. The second-order valence-corrected chi connectivity index (χ2v) is 9.80. The first-order chi connectivity index (χ1) is 20.3. The maximum absolute atomic E-state index is 13.2. The number of carbonyl (C=O) groups is 4. The summed E-state index contributed by atoms with van der Waals surface area (Å²) in [5, 5.41) is 35.7. The van der Waals surface area contributed by atoms with Crippen molar-refractivity contribution in [3.63, 3.8) is 0 Å². The lowest BCUT2D eigenvalue weighted by atomic mass is 9.75. The van der Waals surface area contributed by atoms with E-state index >= 15 is 0 Å². The summed E-state index contributed by atoms with van der Waals surface area (Å²) in [7, 11) is 0. The van der Waals surface area contributed by atoms with Crippen LogP contribution in [0.25, 0.3) is 0 Å². The fourth-order valence-corrected chi connectivity index (χ4v) is 4.74. The Morgan fingerprint density at radius 1 is 0.930 bits per heavy atom. The summed E-state index contributed by atoms with van der Waals surface area (Å²) in [6.45, 7) is 3.11. The van der Waals surface area contributed by atoms with Crippen LogP contribution in [0.4, 0.5) is 16.2 Å². The zero-order chi connectivity index (χ0) is 31.8. The van der Waals surface area contributed by atoms with Gasteiger partial charge < -0.3 is 29.5 Å². The van der Waals surface area contributed by atoms with Crippen LogP contribution in [0.5, 0.6) is 0 Å². The summed E-state index contributed by atoms with van der Waals surface area (Å²) in [6, 6.07) is 9.37. The van der Waals surface area contributed by atoms with Crippen LogP contribution in [-0.4, -0.2) is 68.7 Å². The number of para-hydroxylation sites is 2. The van der Waals surface area contributed by atoms with Crippen molar-refractivity contribution >= 4 is 35.3 Å².